The molecule has 2 N–H and O–H groups in total. The summed E-state index contributed by atoms with van der Waals surface area (Å²) in [6.07, 6.45) is 6.40. The fraction of sp³-hybridized carbons (Fsp3) is 0.522. The minimum Gasteiger partial charge on any atom is -0.456 e. The topological polar surface area (TPSA) is 96.6 Å². The summed E-state index contributed by atoms with van der Waals surface area (Å²) < 4.78 is 32.0. The molecule has 8 heteroatoms. The standard InChI is InChI=1S/C23H28FN3O4/c1-22(2,3)31-21(28)15-8-7-14(11-16(15)24)19-20(25)27-17(12-26-19)18-13-29-23(30-18)9-5-4-6-10-23/h7-8,11-12,18H,4-6,9-10,13H2,1-3H3,(H2,25,27). The number of carbonyl (C=O) groups is 1. The number of rotatable bonds is 3. The Labute approximate surface area is 181 Å². The third kappa shape index (κ3) is 4.70. The van der Waals surface area contributed by atoms with Crippen LogP contribution in [0.25, 0.3) is 11.3 Å². The van der Waals surface area contributed by atoms with E-state index in [0.717, 1.165) is 25.7 Å². The molecule has 0 radical (unpaired) electrons. The second kappa shape index (κ2) is 8.16. The van der Waals surface area contributed by atoms with Gasteiger partial charge in [0.1, 0.15) is 29.0 Å². The van der Waals surface area contributed by atoms with Crippen LogP contribution in [0, 0.1) is 5.82 Å². The zero-order valence-corrected chi connectivity index (χ0v) is 18.1. The molecule has 0 amide bonds. The second-order valence-corrected chi connectivity index (χ2v) is 9.11. The normalized spacial score (nSPS) is 20.7. The van der Waals surface area contributed by atoms with E-state index in [-0.39, 0.29) is 17.5 Å². The number of carbonyl (C=O) groups excluding carboxylic acids is 1. The van der Waals surface area contributed by atoms with Crippen LogP contribution in [0.4, 0.5) is 10.2 Å². The van der Waals surface area contributed by atoms with Gasteiger partial charge in [0.25, 0.3) is 0 Å². The molecular formula is C23H28FN3O4. The number of halogens is 1. The molecule has 166 valence electrons. The van der Waals surface area contributed by atoms with Crippen molar-refractivity contribution in [2.45, 2.75) is 70.4 Å². The number of hydrogen-bond donors (Lipinski definition) is 1. The fourth-order valence-electron chi connectivity index (χ4n) is 4.01. The highest BCUT2D eigenvalue weighted by molar-refractivity contribution is 5.90. The largest absolute Gasteiger partial charge is 0.456 e. The van der Waals surface area contributed by atoms with E-state index in [1.54, 1.807) is 33.0 Å². The van der Waals surface area contributed by atoms with Crippen molar-refractivity contribution in [2.24, 2.45) is 0 Å². The predicted octanol–water partition coefficient (Wildman–Crippen LogP) is 4.57. The summed E-state index contributed by atoms with van der Waals surface area (Å²) in [6.45, 7) is 5.59. The summed E-state index contributed by atoms with van der Waals surface area (Å²) in [5.74, 6) is -1.78. The zero-order chi connectivity index (χ0) is 22.2. The van der Waals surface area contributed by atoms with Gasteiger partial charge in [0.15, 0.2) is 5.79 Å². The lowest BCUT2D eigenvalue weighted by Gasteiger charge is -2.31. The molecule has 1 aliphatic heterocycles. The van der Waals surface area contributed by atoms with E-state index >= 15 is 0 Å². The van der Waals surface area contributed by atoms with Crippen LogP contribution in [0.5, 0.6) is 0 Å². The van der Waals surface area contributed by atoms with Gasteiger partial charge in [-0.05, 0) is 45.7 Å². The highest BCUT2D eigenvalue weighted by Gasteiger charge is 2.43. The summed E-state index contributed by atoms with van der Waals surface area (Å²) in [6, 6.07) is 4.16. The summed E-state index contributed by atoms with van der Waals surface area (Å²) in [5, 5.41) is 0. The van der Waals surface area contributed by atoms with Crippen molar-refractivity contribution in [3.63, 3.8) is 0 Å². The Kier molecular flexibility index (Phi) is 5.70. The second-order valence-electron chi connectivity index (χ2n) is 9.11. The van der Waals surface area contributed by atoms with E-state index in [9.17, 15) is 9.18 Å². The Balaban J connectivity index is 1.52. The van der Waals surface area contributed by atoms with Gasteiger partial charge < -0.3 is 19.9 Å². The van der Waals surface area contributed by atoms with Crippen LogP contribution >= 0.6 is 0 Å². The molecule has 0 bridgehead atoms. The van der Waals surface area contributed by atoms with Crippen LogP contribution in [0.2, 0.25) is 0 Å². The number of nitrogen functional groups attached to an aromatic ring is 1. The maximum absolute atomic E-state index is 14.6. The Morgan fingerprint density at radius 1 is 1.26 bits per heavy atom. The van der Waals surface area contributed by atoms with Crippen molar-refractivity contribution < 1.29 is 23.4 Å². The van der Waals surface area contributed by atoms with E-state index in [4.69, 9.17) is 19.9 Å². The van der Waals surface area contributed by atoms with Crippen LogP contribution in [-0.4, -0.2) is 33.9 Å². The highest BCUT2D eigenvalue weighted by atomic mass is 19.1. The van der Waals surface area contributed by atoms with Gasteiger partial charge in [-0.2, -0.15) is 0 Å². The first kappa shape index (κ1) is 21.6. The molecular weight excluding hydrogens is 401 g/mol. The number of hydrogen-bond acceptors (Lipinski definition) is 7. The van der Waals surface area contributed by atoms with Crippen LogP contribution < -0.4 is 5.73 Å². The zero-order valence-electron chi connectivity index (χ0n) is 18.1. The quantitative estimate of drug-likeness (QED) is 0.714. The Morgan fingerprint density at radius 2 is 2.00 bits per heavy atom. The van der Waals surface area contributed by atoms with Gasteiger partial charge in [-0.15, -0.1) is 0 Å². The van der Waals surface area contributed by atoms with Gasteiger partial charge in [-0.3, -0.25) is 4.98 Å². The summed E-state index contributed by atoms with van der Waals surface area (Å²) in [4.78, 5) is 21.0. The highest BCUT2D eigenvalue weighted by Crippen LogP contribution is 2.42. The minimum absolute atomic E-state index is 0.142. The third-order valence-electron chi connectivity index (χ3n) is 5.48. The SMILES string of the molecule is CC(C)(C)OC(=O)c1ccc(-c2ncc(C3COC4(CCCCC4)O3)nc2N)cc1F. The van der Waals surface area contributed by atoms with Crippen molar-refractivity contribution in [3.05, 3.63) is 41.5 Å². The molecule has 1 spiro atoms. The van der Waals surface area contributed by atoms with Crippen molar-refractivity contribution in [2.75, 3.05) is 12.3 Å². The number of ether oxygens (including phenoxy) is 3. The van der Waals surface area contributed by atoms with E-state index in [1.165, 1.54) is 18.6 Å². The number of anilines is 1. The molecule has 7 nitrogen and oxygen atoms in total. The Morgan fingerprint density at radius 3 is 2.65 bits per heavy atom. The Bertz CT molecular complexity index is 983. The lowest BCUT2D eigenvalue weighted by atomic mass is 9.94. The molecule has 1 aromatic heterocycles. The van der Waals surface area contributed by atoms with Crippen LogP contribution in [-0.2, 0) is 14.2 Å². The fourth-order valence-corrected chi connectivity index (χ4v) is 4.01. The van der Waals surface area contributed by atoms with Crippen molar-refractivity contribution in [1.82, 2.24) is 9.97 Å². The lowest BCUT2D eigenvalue weighted by molar-refractivity contribution is -0.188. The van der Waals surface area contributed by atoms with E-state index < -0.39 is 23.2 Å². The molecule has 2 aromatic rings. The average Bonchev–Trinajstić information content (AvgIpc) is 3.10. The molecule has 31 heavy (non-hydrogen) atoms. The number of aromatic nitrogens is 2. The first-order valence-electron chi connectivity index (χ1n) is 10.6. The van der Waals surface area contributed by atoms with Gasteiger partial charge in [0.2, 0.25) is 0 Å². The number of nitrogens with two attached hydrogens (primary N) is 1. The molecule has 2 fully saturated rings. The van der Waals surface area contributed by atoms with Crippen LogP contribution in [0.15, 0.2) is 24.4 Å². The predicted molar refractivity (Wildman–Crippen MR) is 113 cm³/mol. The van der Waals surface area contributed by atoms with Crippen molar-refractivity contribution in [3.8, 4) is 11.3 Å². The molecule has 1 unspecified atom stereocenters. The van der Waals surface area contributed by atoms with Crippen molar-refractivity contribution >= 4 is 11.8 Å². The molecule has 1 aromatic carbocycles. The van der Waals surface area contributed by atoms with Crippen LogP contribution in [0.1, 0.15) is 75.0 Å². The van der Waals surface area contributed by atoms with Gasteiger partial charge in [-0.25, -0.2) is 14.2 Å². The van der Waals surface area contributed by atoms with Gasteiger partial charge >= 0.3 is 5.97 Å². The summed E-state index contributed by atoms with van der Waals surface area (Å²) >= 11 is 0. The molecule has 2 aliphatic rings. The Hall–Kier alpha value is -2.58. The van der Waals surface area contributed by atoms with Gasteiger partial charge in [0, 0.05) is 18.4 Å². The first-order valence-corrected chi connectivity index (χ1v) is 10.6. The number of nitrogens with zero attached hydrogens (tertiary/aromatic N) is 2. The average molecular weight is 429 g/mol. The number of benzene rings is 1. The molecule has 1 saturated heterocycles. The molecule has 1 aliphatic carbocycles. The maximum atomic E-state index is 14.6. The molecule has 1 atom stereocenters. The lowest BCUT2D eigenvalue weighted by Crippen LogP contribution is -2.32. The molecule has 4 rings (SSSR count). The van der Waals surface area contributed by atoms with Crippen LogP contribution in [0.3, 0.4) is 0 Å². The van der Waals surface area contributed by atoms with Gasteiger partial charge in [-0.1, -0.05) is 12.5 Å². The molecule has 1 saturated carbocycles. The number of esters is 1. The third-order valence-corrected chi connectivity index (χ3v) is 5.48. The van der Waals surface area contributed by atoms with Gasteiger partial charge in [0.05, 0.1) is 24.1 Å². The van der Waals surface area contributed by atoms with E-state index in [2.05, 4.69) is 9.97 Å². The van der Waals surface area contributed by atoms with E-state index in [1.807, 2.05) is 0 Å². The summed E-state index contributed by atoms with van der Waals surface area (Å²) in [5.41, 5.74) is 6.64. The minimum atomic E-state index is -0.721. The maximum Gasteiger partial charge on any atom is 0.341 e. The summed E-state index contributed by atoms with van der Waals surface area (Å²) in [7, 11) is 0. The molecule has 2 heterocycles. The first-order chi connectivity index (χ1) is 14.7. The monoisotopic (exact) mass is 429 g/mol. The smallest absolute Gasteiger partial charge is 0.341 e. The van der Waals surface area contributed by atoms with Crippen molar-refractivity contribution in [1.29, 1.82) is 0 Å². The van der Waals surface area contributed by atoms with E-state index in [0.29, 0.717) is 23.6 Å².